The molecule has 0 saturated heterocycles. The number of rotatable bonds is 12. The molecule has 0 radical (unpaired) electrons. The van der Waals surface area contributed by atoms with Gasteiger partial charge in [0.2, 0.25) is 0 Å². The normalized spacial score (nSPS) is 10.8. The second-order valence-electron chi connectivity index (χ2n) is 8.04. The lowest BCUT2D eigenvalue weighted by Gasteiger charge is -2.09. The Hall–Kier alpha value is -3.21. The van der Waals surface area contributed by atoms with E-state index in [2.05, 4.69) is 6.92 Å². The highest BCUT2D eigenvalue weighted by atomic mass is 19.1. The van der Waals surface area contributed by atoms with Gasteiger partial charge in [-0.05, 0) is 53.9 Å². The molecular formula is C28H30F2O3. The second kappa shape index (κ2) is 12.7. The highest BCUT2D eigenvalue weighted by molar-refractivity contribution is 5.91. The number of carbonyl (C=O) groups is 1. The van der Waals surface area contributed by atoms with Crippen molar-refractivity contribution in [2.24, 2.45) is 0 Å². The first-order chi connectivity index (χ1) is 16.1. The van der Waals surface area contributed by atoms with Gasteiger partial charge in [-0.1, -0.05) is 69.7 Å². The Bertz CT molecular complexity index is 1010. The first-order valence-electron chi connectivity index (χ1n) is 11.6. The summed E-state index contributed by atoms with van der Waals surface area (Å²) in [5, 5.41) is 0. The largest absolute Gasteiger partial charge is 0.494 e. The first-order valence-corrected chi connectivity index (χ1v) is 11.6. The van der Waals surface area contributed by atoms with Crippen LogP contribution >= 0.6 is 0 Å². The molecule has 0 bridgehead atoms. The van der Waals surface area contributed by atoms with E-state index >= 15 is 0 Å². The van der Waals surface area contributed by atoms with E-state index in [1.807, 2.05) is 24.3 Å². The van der Waals surface area contributed by atoms with Crippen molar-refractivity contribution < 1.29 is 23.0 Å². The van der Waals surface area contributed by atoms with Crippen molar-refractivity contribution in [3.05, 3.63) is 83.9 Å². The van der Waals surface area contributed by atoms with Crippen LogP contribution in [0.2, 0.25) is 0 Å². The molecule has 0 aliphatic heterocycles. The van der Waals surface area contributed by atoms with E-state index in [-0.39, 0.29) is 11.3 Å². The van der Waals surface area contributed by atoms with Gasteiger partial charge in [0.05, 0.1) is 12.2 Å². The van der Waals surface area contributed by atoms with Crippen LogP contribution in [0.5, 0.6) is 11.5 Å². The molecule has 0 N–H and O–H groups in total. The van der Waals surface area contributed by atoms with Crippen LogP contribution in [0.15, 0.2) is 66.7 Å². The van der Waals surface area contributed by atoms with Gasteiger partial charge in [0.15, 0.2) is 11.6 Å². The molecular weight excluding hydrogens is 422 g/mol. The number of carbonyl (C=O) groups excluding carboxylic acids is 1. The molecule has 0 fully saturated rings. The minimum Gasteiger partial charge on any atom is -0.494 e. The number of hydrogen-bond donors (Lipinski definition) is 0. The van der Waals surface area contributed by atoms with Crippen molar-refractivity contribution in [3.8, 4) is 22.6 Å². The maximum absolute atomic E-state index is 13.7. The molecule has 0 aromatic heterocycles. The van der Waals surface area contributed by atoms with Gasteiger partial charge in [-0.2, -0.15) is 0 Å². The van der Waals surface area contributed by atoms with Gasteiger partial charge in [0.1, 0.15) is 11.6 Å². The number of esters is 1. The predicted molar refractivity (Wildman–Crippen MR) is 127 cm³/mol. The molecule has 5 heteroatoms. The van der Waals surface area contributed by atoms with E-state index < -0.39 is 17.6 Å². The summed E-state index contributed by atoms with van der Waals surface area (Å²) >= 11 is 0. The fraction of sp³-hybridized carbons (Fsp3) is 0.321. The lowest BCUT2D eigenvalue weighted by atomic mass is 10.0. The Morgan fingerprint density at radius 3 is 2.00 bits per heavy atom. The van der Waals surface area contributed by atoms with Crippen LogP contribution in [0.3, 0.4) is 0 Å². The Labute approximate surface area is 194 Å². The molecule has 3 nitrogen and oxygen atoms in total. The fourth-order valence-corrected chi connectivity index (χ4v) is 3.51. The zero-order valence-electron chi connectivity index (χ0n) is 19.0. The number of hydrogen-bond acceptors (Lipinski definition) is 3. The SMILES string of the molecule is CCCCCCCCCOc1ccc(-c2ccc(C(=O)Oc3ccc(F)cc3F)cc2)cc1. The average molecular weight is 453 g/mol. The number of unbranched alkanes of at least 4 members (excludes halogenated alkanes) is 6. The van der Waals surface area contributed by atoms with Gasteiger partial charge in [-0.25, -0.2) is 13.6 Å². The third-order valence-electron chi connectivity index (χ3n) is 5.42. The summed E-state index contributed by atoms with van der Waals surface area (Å²) in [6.45, 7) is 2.95. The molecule has 0 unspecified atom stereocenters. The molecule has 33 heavy (non-hydrogen) atoms. The van der Waals surface area contributed by atoms with Crippen molar-refractivity contribution >= 4 is 5.97 Å². The summed E-state index contributed by atoms with van der Waals surface area (Å²) in [6.07, 6.45) is 8.76. The summed E-state index contributed by atoms with van der Waals surface area (Å²) in [5.41, 5.74) is 2.19. The number of benzene rings is 3. The molecule has 0 aliphatic carbocycles. The Morgan fingerprint density at radius 2 is 1.36 bits per heavy atom. The van der Waals surface area contributed by atoms with Crippen molar-refractivity contribution in [2.75, 3.05) is 6.61 Å². The highest BCUT2D eigenvalue weighted by Crippen LogP contribution is 2.24. The third-order valence-corrected chi connectivity index (χ3v) is 5.42. The monoisotopic (exact) mass is 452 g/mol. The van der Waals surface area contributed by atoms with Crippen molar-refractivity contribution in [2.45, 2.75) is 51.9 Å². The molecule has 3 aromatic rings. The summed E-state index contributed by atoms with van der Waals surface area (Å²) in [6, 6.07) is 17.5. The smallest absolute Gasteiger partial charge is 0.343 e. The quantitative estimate of drug-likeness (QED) is 0.159. The van der Waals surface area contributed by atoms with Crippen LogP contribution in [0.1, 0.15) is 62.2 Å². The van der Waals surface area contributed by atoms with E-state index in [4.69, 9.17) is 9.47 Å². The van der Waals surface area contributed by atoms with Gasteiger partial charge >= 0.3 is 5.97 Å². The van der Waals surface area contributed by atoms with Gasteiger partial charge in [-0.3, -0.25) is 0 Å². The van der Waals surface area contributed by atoms with E-state index in [9.17, 15) is 13.6 Å². The summed E-state index contributed by atoms with van der Waals surface area (Å²) in [5.74, 6) is -1.83. The minimum absolute atomic E-state index is 0.275. The van der Waals surface area contributed by atoms with Crippen molar-refractivity contribution in [1.82, 2.24) is 0 Å². The van der Waals surface area contributed by atoms with Gasteiger partial charge in [0.25, 0.3) is 0 Å². The molecule has 0 aliphatic rings. The van der Waals surface area contributed by atoms with Crippen LogP contribution in [-0.2, 0) is 0 Å². The molecule has 0 heterocycles. The minimum atomic E-state index is -0.922. The zero-order valence-corrected chi connectivity index (χ0v) is 19.0. The standard InChI is InChI=1S/C28H30F2O3/c1-2-3-4-5-6-7-8-19-32-25-16-13-22(14-17-25)21-9-11-23(12-10-21)28(31)33-27-18-15-24(29)20-26(27)30/h9-18,20H,2-8,19H2,1H3. The highest BCUT2D eigenvalue weighted by Gasteiger charge is 2.13. The Balaban J connectivity index is 1.47. The van der Waals surface area contributed by atoms with Gasteiger partial charge in [-0.15, -0.1) is 0 Å². The molecule has 3 rings (SSSR count). The lowest BCUT2D eigenvalue weighted by Crippen LogP contribution is -2.09. The van der Waals surface area contributed by atoms with Crippen LogP contribution in [0.25, 0.3) is 11.1 Å². The summed E-state index contributed by atoms with van der Waals surface area (Å²) < 4.78 is 37.5. The van der Waals surface area contributed by atoms with Crippen LogP contribution in [-0.4, -0.2) is 12.6 Å². The summed E-state index contributed by atoms with van der Waals surface area (Å²) in [4.78, 5) is 12.3. The topological polar surface area (TPSA) is 35.5 Å². The maximum Gasteiger partial charge on any atom is 0.343 e. The van der Waals surface area contributed by atoms with Crippen molar-refractivity contribution in [3.63, 3.8) is 0 Å². The van der Waals surface area contributed by atoms with E-state index in [1.54, 1.807) is 24.3 Å². The summed E-state index contributed by atoms with van der Waals surface area (Å²) in [7, 11) is 0. The molecule has 0 spiro atoms. The fourth-order valence-electron chi connectivity index (χ4n) is 3.51. The molecule has 0 saturated carbocycles. The maximum atomic E-state index is 13.7. The first kappa shape index (κ1) is 24.4. The Kier molecular flexibility index (Phi) is 9.43. The Morgan fingerprint density at radius 1 is 0.758 bits per heavy atom. The van der Waals surface area contributed by atoms with Crippen LogP contribution in [0.4, 0.5) is 8.78 Å². The third kappa shape index (κ3) is 7.70. The van der Waals surface area contributed by atoms with E-state index in [0.29, 0.717) is 6.07 Å². The second-order valence-corrected chi connectivity index (χ2v) is 8.04. The lowest BCUT2D eigenvalue weighted by molar-refractivity contribution is 0.0727. The predicted octanol–water partition coefficient (Wildman–Crippen LogP) is 7.98. The van der Waals surface area contributed by atoms with Gasteiger partial charge in [0, 0.05) is 6.07 Å². The molecule has 174 valence electrons. The van der Waals surface area contributed by atoms with Gasteiger partial charge < -0.3 is 9.47 Å². The van der Waals surface area contributed by atoms with Crippen LogP contribution < -0.4 is 9.47 Å². The molecule has 0 amide bonds. The van der Waals surface area contributed by atoms with Crippen molar-refractivity contribution in [1.29, 1.82) is 0 Å². The zero-order chi connectivity index (χ0) is 23.5. The van der Waals surface area contributed by atoms with E-state index in [0.717, 1.165) is 42.0 Å². The van der Waals surface area contributed by atoms with E-state index in [1.165, 1.54) is 38.5 Å². The van der Waals surface area contributed by atoms with Crippen LogP contribution in [0, 0.1) is 11.6 Å². The average Bonchev–Trinajstić information content (AvgIpc) is 2.83. The number of halogens is 2. The molecule has 0 atom stereocenters. The molecule has 3 aromatic carbocycles. The number of ether oxygens (including phenoxy) is 2.